The first-order chi connectivity index (χ1) is 6.74. The second-order valence-corrected chi connectivity index (χ2v) is 3.64. The molecule has 0 aliphatic rings. The van der Waals surface area contributed by atoms with E-state index in [1.165, 1.54) is 5.56 Å². The summed E-state index contributed by atoms with van der Waals surface area (Å²) in [6.07, 6.45) is 2.27. The highest BCUT2D eigenvalue weighted by atomic mass is 15.1. The first-order valence-corrected chi connectivity index (χ1v) is 5.20. The minimum absolute atomic E-state index is 0.333. The van der Waals surface area contributed by atoms with Gasteiger partial charge in [0.05, 0.1) is 11.7 Å². The third kappa shape index (κ3) is 3.29. The third-order valence-corrected chi connectivity index (χ3v) is 2.18. The van der Waals surface area contributed by atoms with Gasteiger partial charge in [-0.1, -0.05) is 31.5 Å². The van der Waals surface area contributed by atoms with E-state index in [4.69, 9.17) is 0 Å². The zero-order valence-electron chi connectivity index (χ0n) is 9.20. The van der Waals surface area contributed by atoms with Gasteiger partial charge in [-0.25, -0.2) is 0 Å². The Morgan fingerprint density at radius 3 is 2.64 bits per heavy atom. The lowest BCUT2D eigenvalue weighted by atomic mass is 10.2. The van der Waals surface area contributed by atoms with Crippen molar-refractivity contribution in [3.05, 3.63) is 29.8 Å². The van der Waals surface area contributed by atoms with Gasteiger partial charge in [0.15, 0.2) is 0 Å². The predicted molar refractivity (Wildman–Crippen MR) is 60.1 cm³/mol. The molecule has 0 saturated heterocycles. The molecule has 0 saturated carbocycles. The van der Waals surface area contributed by atoms with Gasteiger partial charge >= 0.3 is 0 Å². The Labute approximate surface area is 86.1 Å². The molecule has 14 heavy (non-hydrogen) atoms. The highest BCUT2D eigenvalue weighted by molar-refractivity contribution is 5.43. The molecular formula is C12H18N2. The lowest BCUT2D eigenvalue weighted by Crippen LogP contribution is -1.94. The van der Waals surface area contributed by atoms with Crippen LogP contribution < -0.4 is 0 Å². The molecule has 1 unspecified atom stereocenters. The maximum atomic E-state index is 4.27. The van der Waals surface area contributed by atoms with Crippen LogP contribution in [0.5, 0.6) is 0 Å². The van der Waals surface area contributed by atoms with Gasteiger partial charge in [0.25, 0.3) is 0 Å². The van der Waals surface area contributed by atoms with Gasteiger partial charge < -0.3 is 0 Å². The summed E-state index contributed by atoms with van der Waals surface area (Å²) in [4.78, 5) is 0. The Balaban J connectivity index is 2.64. The first kappa shape index (κ1) is 10.9. The smallest absolute Gasteiger partial charge is 0.0881 e. The van der Waals surface area contributed by atoms with Gasteiger partial charge in [-0.05, 0) is 31.9 Å². The normalized spacial score (nSPS) is 13.4. The number of hydrogen-bond donors (Lipinski definition) is 0. The van der Waals surface area contributed by atoms with Crippen molar-refractivity contribution in [2.24, 2.45) is 10.2 Å². The zero-order chi connectivity index (χ0) is 10.4. The molecule has 2 nitrogen and oxygen atoms in total. The van der Waals surface area contributed by atoms with Crippen molar-refractivity contribution in [1.82, 2.24) is 0 Å². The van der Waals surface area contributed by atoms with Crippen molar-refractivity contribution < 1.29 is 0 Å². The molecule has 0 spiro atoms. The molecule has 76 valence electrons. The molecule has 0 aliphatic carbocycles. The monoisotopic (exact) mass is 190 g/mol. The Morgan fingerprint density at radius 1 is 1.29 bits per heavy atom. The SMILES string of the molecule is CCCC(C)N=Nc1ccccc1C. The van der Waals surface area contributed by atoms with Crippen LogP contribution in [0.25, 0.3) is 0 Å². The third-order valence-electron chi connectivity index (χ3n) is 2.18. The van der Waals surface area contributed by atoms with Gasteiger partial charge in [0.2, 0.25) is 0 Å². The summed E-state index contributed by atoms with van der Waals surface area (Å²) < 4.78 is 0. The molecule has 1 atom stereocenters. The molecule has 0 bridgehead atoms. The van der Waals surface area contributed by atoms with Crippen LogP contribution in [-0.2, 0) is 0 Å². The van der Waals surface area contributed by atoms with E-state index in [9.17, 15) is 0 Å². The standard InChI is InChI=1S/C12H18N2/c1-4-7-11(3)13-14-12-9-6-5-8-10(12)2/h5-6,8-9,11H,4,7H2,1-3H3. The van der Waals surface area contributed by atoms with Crippen LogP contribution >= 0.6 is 0 Å². The Bertz CT molecular complexity index is 305. The summed E-state index contributed by atoms with van der Waals surface area (Å²) in [6, 6.07) is 8.39. The van der Waals surface area contributed by atoms with E-state index in [0.29, 0.717) is 6.04 Å². The topological polar surface area (TPSA) is 24.7 Å². The van der Waals surface area contributed by atoms with Crippen molar-refractivity contribution in [2.45, 2.75) is 39.7 Å². The summed E-state index contributed by atoms with van der Waals surface area (Å²) in [7, 11) is 0. The fraction of sp³-hybridized carbons (Fsp3) is 0.500. The highest BCUT2D eigenvalue weighted by Crippen LogP contribution is 2.18. The summed E-state index contributed by atoms with van der Waals surface area (Å²) in [6.45, 7) is 6.32. The van der Waals surface area contributed by atoms with Crippen LogP contribution in [0.15, 0.2) is 34.5 Å². The van der Waals surface area contributed by atoms with Crippen molar-refractivity contribution >= 4 is 5.69 Å². The van der Waals surface area contributed by atoms with Crippen LogP contribution in [0.3, 0.4) is 0 Å². The molecule has 0 aromatic heterocycles. The maximum absolute atomic E-state index is 4.27. The molecule has 0 amide bonds. The van der Waals surface area contributed by atoms with Crippen molar-refractivity contribution in [1.29, 1.82) is 0 Å². The Hall–Kier alpha value is -1.18. The number of aryl methyl sites for hydroxylation is 1. The summed E-state index contributed by atoms with van der Waals surface area (Å²) in [5, 5.41) is 8.52. The molecule has 0 aliphatic heterocycles. The molecule has 0 heterocycles. The fourth-order valence-corrected chi connectivity index (χ4v) is 1.31. The molecule has 0 N–H and O–H groups in total. The zero-order valence-corrected chi connectivity index (χ0v) is 9.20. The lowest BCUT2D eigenvalue weighted by Gasteiger charge is -2.02. The van der Waals surface area contributed by atoms with Gasteiger partial charge in [-0.15, -0.1) is 0 Å². The minimum Gasteiger partial charge on any atom is -0.186 e. The van der Waals surface area contributed by atoms with E-state index in [0.717, 1.165) is 18.5 Å². The number of rotatable bonds is 4. The van der Waals surface area contributed by atoms with Gasteiger partial charge in [0, 0.05) is 0 Å². The fourth-order valence-electron chi connectivity index (χ4n) is 1.31. The summed E-state index contributed by atoms with van der Waals surface area (Å²) in [5.74, 6) is 0. The van der Waals surface area contributed by atoms with Gasteiger partial charge in [-0.2, -0.15) is 10.2 Å². The van der Waals surface area contributed by atoms with E-state index in [-0.39, 0.29) is 0 Å². The average molecular weight is 190 g/mol. The minimum atomic E-state index is 0.333. The summed E-state index contributed by atoms with van der Waals surface area (Å²) >= 11 is 0. The Kier molecular flexibility index (Phi) is 4.30. The molecule has 1 aromatic rings. The summed E-state index contributed by atoms with van der Waals surface area (Å²) in [5.41, 5.74) is 2.16. The highest BCUT2D eigenvalue weighted by Gasteiger charge is 1.97. The van der Waals surface area contributed by atoms with Gasteiger partial charge in [0.1, 0.15) is 0 Å². The number of hydrogen-bond acceptors (Lipinski definition) is 2. The number of benzene rings is 1. The van der Waals surface area contributed by atoms with E-state index in [2.05, 4.69) is 37.1 Å². The predicted octanol–water partition coefficient (Wildman–Crippen LogP) is 4.27. The van der Waals surface area contributed by atoms with E-state index < -0.39 is 0 Å². The molecule has 0 radical (unpaired) electrons. The largest absolute Gasteiger partial charge is 0.186 e. The average Bonchev–Trinajstić information content (AvgIpc) is 2.17. The van der Waals surface area contributed by atoms with E-state index in [1.54, 1.807) is 0 Å². The molecular weight excluding hydrogens is 172 g/mol. The maximum Gasteiger partial charge on any atom is 0.0881 e. The van der Waals surface area contributed by atoms with E-state index in [1.807, 2.05) is 18.2 Å². The lowest BCUT2D eigenvalue weighted by molar-refractivity contribution is 0.628. The van der Waals surface area contributed by atoms with Crippen molar-refractivity contribution in [2.75, 3.05) is 0 Å². The number of azo groups is 1. The number of nitrogens with zero attached hydrogens (tertiary/aromatic N) is 2. The van der Waals surface area contributed by atoms with Crippen molar-refractivity contribution in [3.63, 3.8) is 0 Å². The van der Waals surface area contributed by atoms with Crippen LogP contribution in [0, 0.1) is 6.92 Å². The second kappa shape index (κ2) is 5.53. The van der Waals surface area contributed by atoms with Crippen LogP contribution in [0.4, 0.5) is 5.69 Å². The molecule has 1 aromatic carbocycles. The molecule has 0 fully saturated rings. The second-order valence-electron chi connectivity index (χ2n) is 3.64. The molecule has 1 rings (SSSR count). The Morgan fingerprint density at radius 2 is 2.00 bits per heavy atom. The first-order valence-electron chi connectivity index (χ1n) is 5.20. The quantitative estimate of drug-likeness (QED) is 0.633. The van der Waals surface area contributed by atoms with Crippen LogP contribution in [-0.4, -0.2) is 6.04 Å². The van der Waals surface area contributed by atoms with Crippen LogP contribution in [0.2, 0.25) is 0 Å². The molecule has 2 heteroatoms. The van der Waals surface area contributed by atoms with Crippen LogP contribution in [0.1, 0.15) is 32.3 Å². The van der Waals surface area contributed by atoms with Gasteiger partial charge in [-0.3, -0.25) is 0 Å². The van der Waals surface area contributed by atoms with E-state index >= 15 is 0 Å². The van der Waals surface area contributed by atoms with Crippen molar-refractivity contribution in [3.8, 4) is 0 Å².